The van der Waals surface area contributed by atoms with Crippen LogP contribution >= 0.6 is 0 Å². The van der Waals surface area contributed by atoms with Gasteiger partial charge in [0.15, 0.2) is 17.4 Å². The molecule has 0 radical (unpaired) electrons. The van der Waals surface area contributed by atoms with E-state index < -0.39 is 0 Å². The summed E-state index contributed by atoms with van der Waals surface area (Å²) in [4.78, 5) is 8.30. The molecule has 102 valence electrons. The highest BCUT2D eigenvalue weighted by Crippen LogP contribution is 2.28. The Balaban J connectivity index is 2.13. The molecule has 2 aromatic rings. The molecule has 2 aromatic heterocycles. The Labute approximate surface area is 111 Å². The van der Waals surface area contributed by atoms with Crippen molar-refractivity contribution in [1.29, 1.82) is 0 Å². The highest BCUT2D eigenvalue weighted by molar-refractivity contribution is 5.63. The van der Waals surface area contributed by atoms with Crippen molar-refractivity contribution >= 4 is 11.6 Å². The Morgan fingerprint density at radius 2 is 2.00 bits per heavy atom. The number of nitrogens with zero attached hydrogens (tertiary/aromatic N) is 3. The molecule has 0 amide bonds. The normalized spacial score (nSPS) is 10.3. The van der Waals surface area contributed by atoms with Crippen LogP contribution in [0.5, 0.6) is 5.75 Å². The zero-order valence-corrected chi connectivity index (χ0v) is 11.2. The quantitative estimate of drug-likeness (QED) is 0.822. The summed E-state index contributed by atoms with van der Waals surface area (Å²) in [7, 11) is 1.59. The largest absolute Gasteiger partial charge is 0.490 e. The van der Waals surface area contributed by atoms with E-state index in [2.05, 4.69) is 25.8 Å². The van der Waals surface area contributed by atoms with Gasteiger partial charge in [0.1, 0.15) is 6.33 Å². The first-order valence-electron chi connectivity index (χ1n) is 6.03. The van der Waals surface area contributed by atoms with Crippen LogP contribution in [0.2, 0.25) is 0 Å². The van der Waals surface area contributed by atoms with Crippen LogP contribution in [0.4, 0.5) is 11.6 Å². The molecular weight excluding hydrogens is 246 g/mol. The van der Waals surface area contributed by atoms with E-state index in [0.29, 0.717) is 23.9 Å². The fourth-order valence-corrected chi connectivity index (χ4v) is 1.66. The van der Waals surface area contributed by atoms with Gasteiger partial charge in [-0.3, -0.25) is 0 Å². The number of rotatable bonds is 6. The lowest BCUT2D eigenvalue weighted by Crippen LogP contribution is -2.07. The van der Waals surface area contributed by atoms with Gasteiger partial charge >= 0.3 is 0 Å². The molecule has 0 atom stereocenters. The van der Waals surface area contributed by atoms with Crippen LogP contribution in [0, 0.1) is 6.92 Å². The van der Waals surface area contributed by atoms with E-state index in [4.69, 9.17) is 9.26 Å². The molecule has 0 aliphatic rings. The molecule has 0 spiro atoms. The van der Waals surface area contributed by atoms with Crippen LogP contribution < -0.4 is 15.4 Å². The summed E-state index contributed by atoms with van der Waals surface area (Å²) in [6.07, 6.45) is 1.48. The van der Waals surface area contributed by atoms with Crippen molar-refractivity contribution in [3.63, 3.8) is 0 Å². The molecule has 7 nitrogen and oxygen atoms in total. The molecule has 2 N–H and O–H groups in total. The number of aryl methyl sites for hydroxylation is 1. The van der Waals surface area contributed by atoms with Crippen molar-refractivity contribution in [2.45, 2.75) is 20.4 Å². The van der Waals surface area contributed by atoms with Gasteiger partial charge in [-0.15, -0.1) is 0 Å². The van der Waals surface area contributed by atoms with Crippen LogP contribution in [0.25, 0.3) is 0 Å². The van der Waals surface area contributed by atoms with E-state index in [1.807, 2.05) is 19.9 Å². The molecule has 0 aliphatic carbocycles. The number of methoxy groups -OCH3 is 1. The summed E-state index contributed by atoms with van der Waals surface area (Å²) in [5, 5.41) is 10.1. The fourth-order valence-electron chi connectivity index (χ4n) is 1.66. The Bertz CT molecular complexity index is 541. The van der Waals surface area contributed by atoms with Crippen LogP contribution in [-0.2, 0) is 6.54 Å². The second-order valence-corrected chi connectivity index (χ2v) is 3.92. The number of nitrogens with one attached hydrogen (secondary N) is 2. The molecule has 0 aromatic carbocycles. The number of aromatic nitrogens is 3. The monoisotopic (exact) mass is 263 g/mol. The Morgan fingerprint density at radius 3 is 2.58 bits per heavy atom. The lowest BCUT2D eigenvalue weighted by Gasteiger charge is -2.12. The third-order valence-corrected chi connectivity index (χ3v) is 2.46. The van der Waals surface area contributed by atoms with Crippen molar-refractivity contribution in [3.05, 3.63) is 23.8 Å². The molecule has 2 heterocycles. The summed E-state index contributed by atoms with van der Waals surface area (Å²) < 4.78 is 10.5. The maximum atomic E-state index is 5.33. The highest BCUT2D eigenvalue weighted by Gasteiger charge is 2.11. The van der Waals surface area contributed by atoms with Gasteiger partial charge in [0.2, 0.25) is 5.75 Å². The van der Waals surface area contributed by atoms with E-state index >= 15 is 0 Å². The zero-order valence-electron chi connectivity index (χ0n) is 11.2. The first-order valence-corrected chi connectivity index (χ1v) is 6.03. The first-order chi connectivity index (χ1) is 9.24. The van der Waals surface area contributed by atoms with Gasteiger partial charge in [-0.1, -0.05) is 5.16 Å². The number of hydrogen-bond donors (Lipinski definition) is 2. The third kappa shape index (κ3) is 3.12. The summed E-state index contributed by atoms with van der Waals surface area (Å²) in [5.41, 5.74) is 0.847. The van der Waals surface area contributed by atoms with E-state index in [1.165, 1.54) is 6.33 Å². The molecular formula is C12H17N5O2. The minimum Gasteiger partial charge on any atom is -0.490 e. The van der Waals surface area contributed by atoms with Gasteiger partial charge in [-0.2, -0.15) is 0 Å². The second-order valence-electron chi connectivity index (χ2n) is 3.92. The van der Waals surface area contributed by atoms with Gasteiger partial charge in [-0.25, -0.2) is 9.97 Å². The molecule has 7 heteroatoms. The van der Waals surface area contributed by atoms with Crippen molar-refractivity contribution < 1.29 is 9.26 Å². The minimum absolute atomic E-state index is 0.486. The van der Waals surface area contributed by atoms with Crippen molar-refractivity contribution in [2.75, 3.05) is 24.3 Å². The van der Waals surface area contributed by atoms with E-state index in [-0.39, 0.29) is 0 Å². The van der Waals surface area contributed by atoms with E-state index in [0.717, 1.165) is 18.0 Å². The van der Waals surface area contributed by atoms with Crippen LogP contribution in [0.15, 0.2) is 16.9 Å². The molecule has 0 unspecified atom stereocenters. The predicted octanol–water partition coefficient (Wildman–Crippen LogP) is 1.83. The number of ether oxygens (including phenoxy) is 1. The summed E-state index contributed by atoms with van der Waals surface area (Å²) >= 11 is 0. The van der Waals surface area contributed by atoms with Crippen molar-refractivity contribution in [3.8, 4) is 5.75 Å². The lowest BCUT2D eigenvalue weighted by atomic mass is 10.3. The molecule has 2 rings (SSSR count). The average molecular weight is 263 g/mol. The van der Waals surface area contributed by atoms with Crippen LogP contribution in [0.3, 0.4) is 0 Å². The molecule has 0 fully saturated rings. The smallest absolute Gasteiger partial charge is 0.204 e. The van der Waals surface area contributed by atoms with Gasteiger partial charge in [-0.05, 0) is 13.8 Å². The first kappa shape index (κ1) is 13.1. The molecule has 0 saturated carbocycles. The van der Waals surface area contributed by atoms with Crippen LogP contribution in [-0.4, -0.2) is 28.8 Å². The maximum Gasteiger partial charge on any atom is 0.204 e. The number of hydrogen-bond acceptors (Lipinski definition) is 7. The summed E-state index contributed by atoms with van der Waals surface area (Å²) in [6.45, 7) is 5.11. The highest BCUT2D eigenvalue weighted by atomic mass is 16.5. The minimum atomic E-state index is 0.486. The van der Waals surface area contributed by atoms with Gasteiger partial charge in [0, 0.05) is 12.6 Å². The van der Waals surface area contributed by atoms with E-state index in [1.54, 1.807) is 7.11 Å². The maximum absolute atomic E-state index is 5.33. The van der Waals surface area contributed by atoms with Crippen molar-refractivity contribution in [2.24, 2.45) is 0 Å². The lowest BCUT2D eigenvalue weighted by molar-refractivity contribution is 0.383. The Hall–Kier alpha value is -2.31. The molecule has 0 bridgehead atoms. The molecule has 19 heavy (non-hydrogen) atoms. The molecule has 0 aliphatic heterocycles. The molecule has 0 saturated heterocycles. The van der Waals surface area contributed by atoms with E-state index in [9.17, 15) is 0 Å². The summed E-state index contributed by atoms with van der Waals surface area (Å²) in [5.74, 6) is 2.60. The van der Waals surface area contributed by atoms with Gasteiger partial charge in [0.05, 0.1) is 19.3 Å². The topological polar surface area (TPSA) is 85.1 Å². The standard InChI is InChI=1S/C12H17N5O2/c1-4-13-11-10(18-3)12(16-7-15-11)14-6-9-5-8(2)17-19-9/h5,7H,4,6H2,1-3H3,(H2,13,14,15,16). The van der Waals surface area contributed by atoms with Crippen molar-refractivity contribution in [1.82, 2.24) is 15.1 Å². The van der Waals surface area contributed by atoms with Gasteiger partial charge < -0.3 is 19.9 Å². The van der Waals surface area contributed by atoms with Gasteiger partial charge in [0.25, 0.3) is 0 Å². The zero-order chi connectivity index (χ0) is 13.7. The number of anilines is 2. The summed E-state index contributed by atoms with van der Waals surface area (Å²) in [6, 6.07) is 1.87. The fraction of sp³-hybridized carbons (Fsp3) is 0.417. The average Bonchev–Trinajstić information content (AvgIpc) is 2.83. The third-order valence-electron chi connectivity index (χ3n) is 2.46. The SMILES string of the molecule is CCNc1ncnc(NCc2cc(C)no2)c1OC. The Kier molecular flexibility index (Phi) is 4.17. The predicted molar refractivity (Wildman–Crippen MR) is 71.3 cm³/mol. The second kappa shape index (κ2) is 6.03. The van der Waals surface area contributed by atoms with Crippen LogP contribution in [0.1, 0.15) is 18.4 Å². The Morgan fingerprint density at radius 1 is 1.26 bits per heavy atom.